The summed E-state index contributed by atoms with van der Waals surface area (Å²) in [5.41, 5.74) is 2.81. The zero-order valence-electron chi connectivity index (χ0n) is 10.2. The van der Waals surface area contributed by atoms with Crippen molar-refractivity contribution in [3.63, 3.8) is 0 Å². The lowest BCUT2D eigenvalue weighted by atomic mass is 9.92. The number of nitrogens with one attached hydrogen (secondary N) is 1. The highest BCUT2D eigenvalue weighted by Crippen LogP contribution is 2.29. The maximum absolute atomic E-state index is 4.22. The van der Waals surface area contributed by atoms with Crippen LogP contribution in [0.15, 0.2) is 24.2 Å². The molecule has 0 saturated carbocycles. The molecule has 0 spiro atoms. The van der Waals surface area contributed by atoms with E-state index >= 15 is 0 Å². The normalized spacial score (nSPS) is 18.2. The van der Waals surface area contributed by atoms with Gasteiger partial charge in [-0.15, -0.1) is 0 Å². The highest BCUT2D eigenvalue weighted by atomic mass is 15.1. The molecule has 1 aromatic heterocycles. The van der Waals surface area contributed by atoms with Gasteiger partial charge in [0.25, 0.3) is 0 Å². The number of imidazole rings is 1. The molecule has 0 radical (unpaired) electrons. The zero-order chi connectivity index (χ0) is 11.4. The molecular formula is C13H21N3. The van der Waals surface area contributed by atoms with Crippen molar-refractivity contribution in [1.82, 2.24) is 14.9 Å². The van der Waals surface area contributed by atoms with Crippen LogP contribution >= 0.6 is 0 Å². The molecule has 0 aromatic carbocycles. The summed E-state index contributed by atoms with van der Waals surface area (Å²) in [7, 11) is 2.07. The molecular weight excluding hydrogens is 198 g/mol. The highest BCUT2D eigenvalue weighted by molar-refractivity contribution is 5.22. The first-order valence-electron chi connectivity index (χ1n) is 6.21. The summed E-state index contributed by atoms with van der Waals surface area (Å²) in [6.45, 7) is 3.15. The predicted octanol–water partition coefficient (Wildman–Crippen LogP) is 2.57. The van der Waals surface area contributed by atoms with Crippen LogP contribution in [0.25, 0.3) is 0 Å². The van der Waals surface area contributed by atoms with E-state index in [0.717, 1.165) is 6.54 Å². The first-order valence-corrected chi connectivity index (χ1v) is 6.21. The minimum atomic E-state index is 0.359. The van der Waals surface area contributed by atoms with Crippen molar-refractivity contribution in [2.24, 2.45) is 7.05 Å². The molecule has 1 unspecified atom stereocenters. The van der Waals surface area contributed by atoms with Crippen molar-refractivity contribution in [2.75, 3.05) is 6.54 Å². The van der Waals surface area contributed by atoms with Crippen LogP contribution < -0.4 is 5.32 Å². The number of hydrogen-bond donors (Lipinski definition) is 1. The molecule has 0 aliphatic heterocycles. The lowest BCUT2D eigenvalue weighted by molar-refractivity contribution is 0.540. The van der Waals surface area contributed by atoms with E-state index in [2.05, 4.69) is 34.9 Å². The van der Waals surface area contributed by atoms with E-state index in [9.17, 15) is 0 Å². The van der Waals surface area contributed by atoms with Gasteiger partial charge in [-0.25, -0.2) is 4.98 Å². The van der Waals surface area contributed by atoms with Crippen LogP contribution in [0.5, 0.6) is 0 Å². The van der Waals surface area contributed by atoms with Gasteiger partial charge < -0.3 is 9.88 Å². The van der Waals surface area contributed by atoms with Gasteiger partial charge in [0.05, 0.1) is 24.3 Å². The summed E-state index contributed by atoms with van der Waals surface area (Å²) in [5, 5.41) is 3.57. The Bertz CT molecular complexity index is 365. The van der Waals surface area contributed by atoms with Gasteiger partial charge >= 0.3 is 0 Å². The van der Waals surface area contributed by atoms with Crippen molar-refractivity contribution >= 4 is 0 Å². The van der Waals surface area contributed by atoms with Gasteiger partial charge in [0.1, 0.15) is 0 Å². The fraction of sp³-hybridized carbons (Fsp3) is 0.615. The van der Waals surface area contributed by atoms with Gasteiger partial charge in [-0.05, 0) is 32.2 Å². The molecule has 2 rings (SSSR count). The SMILES string of the molecule is CCNC(C1=CCCCC1)c1cncn1C. The van der Waals surface area contributed by atoms with E-state index < -0.39 is 0 Å². The van der Waals surface area contributed by atoms with Crippen molar-refractivity contribution in [1.29, 1.82) is 0 Å². The summed E-state index contributed by atoms with van der Waals surface area (Å²) in [4.78, 5) is 4.22. The standard InChI is InChI=1S/C13H21N3/c1-3-15-13(11-7-5-4-6-8-11)12-9-14-10-16(12)2/h7,9-10,13,15H,3-6,8H2,1-2H3. The van der Waals surface area contributed by atoms with E-state index in [1.165, 1.54) is 37.0 Å². The number of hydrogen-bond acceptors (Lipinski definition) is 2. The van der Waals surface area contributed by atoms with Crippen LogP contribution in [-0.2, 0) is 7.05 Å². The average Bonchev–Trinajstić information content (AvgIpc) is 2.73. The Morgan fingerprint density at radius 1 is 1.50 bits per heavy atom. The molecule has 0 amide bonds. The zero-order valence-corrected chi connectivity index (χ0v) is 10.2. The number of rotatable bonds is 4. The number of aryl methyl sites for hydroxylation is 1. The van der Waals surface area contributed by atoms with E-state index in [0.29, 0.717) is 6.04 Å². The van der Waals surface area contributed by atoms with Gasteiger partial charge in [0.15, 0.2) is 0 Å². The van der Waals surface area contributed by atoms with Crippen LogP contribution in [0.1, 0.15) is 44.3 Å². The third-order valence-electron chi connectivity index (χ3n) is 3.25. The molecule has 3 nitrogen and oxygen atoms in total. The van der Waals surface area contributed by atoms with Crippen LogP contribution in [-0.4, -0.2) is 16.1 Å². The fourth-order valence-electron chi connectivity index (χ4n) is 2.40. The van der Waals surface area contributed by atoms with Crippen LogP contribution in [0.4, 0.5) is 0 Å². The third kappa shape index (κ3) is 2.35. The number of likely N-dealkylation sites (N-methyl/N-ethyl adjacent to an activating group) is 1. The van der Waals surface area contributed by atoms with Crippen molar-refractivity contribution in [3.05, 3.63) is 29.9 Å². The molecule has 1 aromatic rings. The Morgan fingerprint density at radius 3 is 2.94 bits per heavy atom. The van der Waals surface area contributed by atoms with Crippen LogP contribution in [0.3, 0.4) is 0 Å². The van der Waals surface area contributed by atoms with E-state index in [-0.39, 0.29) is 0 Å². The van der Waals surface area contributed by atoms with Crippen LogP contribution in [0.2, 0.25) is 0 Å². The molecule has 1 atom stereocenters. The quantitative estimate of drug-likeness (QED) is 0.789. The Labute approximate surface area is 97.6 Å². The molecule has 3 heteroatoms. The average molecular weight is 219 g/mol. The summed E-state index contributed by atoms with van der Waals surface area (Å²) in [5.74, 6) is 0. The van der Waals surface area contributed by atoms with Crippen molar-refractivity contribution in [3.8, 4) is 0 Å². The highest BCUT2D eigenvalue weighted by Gasteiger charge is 2.19. The monoisotopic (exact) mass is 219 g/mol. The van der Waals surface area contributed by atoms with Crippen molar-refractivity contribution in [2.45, 2.75) is 38.6 Å². The minimum Gasteiger partial charge on any atom is -0.336 e. The molecule has 0 bridgehead atoms. The molecule has 0 saturated heterocycles. The van der Waals surface area contributed by atoms with Gasteiger partial charge in [-0.1, -0.05) is 18.6 Å². The summed E-state index contributed by atoms with van der Waals surface area (Å²) in [6.07, 6.45) is 11.4. The van der Waals surface area contributed by atoms with Gasteiger partial charge in [0.2, 0.25) is 0 Å². The van der Waals surface area contributed by atoms with E-state index in [4.69, 9.17) is 0 Å². The maximum atomic E-state index is 4.22. The molecule has 1 aliphatic rings. The third-order valence-corrected chi connectivity index (χ3v) is 3.25. The number of nitrogens with zero attached hydrogens (tertiary/aromatic N) is 2. The van der Waals surface area contributed by atoms with Gasteiger partial charge in [0, 0.05) is 7.05 Å². The Balaban J connectivity index is 2.23. The smallest absolute Gasteiger partial charge is 0.0946 e. The van der Waals surface area contributed by atoms with E-state index in [1.807, 2.05) is 12.5 Å². The predicted molar refractivity (Wildman–Crippen MR) is 66.2 cm³/mol. The first-order chi connectivity index (χ1) is 7.83. The largest absolute Gasteiger partial charge is 0.336 e. The Kier molecular flexibility index (Phi) is 3.78. The molecule has 1 aliphatic carbocycles. The number of allylic oxidation sites excluding steroid dienone is 1. The van der Waals surface area contributed by atoms with E-state index in [1.54, 1.807) is 0 Å². The second-order valence-corrected chi connectivity index (χ2v) is 4.44. The molecule has 88 valence electrons. The number of aromatic nitrogens is 2. The second kappa shape index (κ2) is 5.30. The Morgan fingerprint density at radius 2 is 2.38 bits per heavy atom. The summed E-state index contributed by atoms with van der Waals surface area (Å²) < 4.78 is 2.11. The molecule has 16 heavy (non-hydrogen) atoms. The summed E-state index contributed by atoms with van der Waals surface area (Å²) in [6, 6.07) is 0.359. The lowest BCUT2D eigenvalue weighted by Gasteiger charge is -2.24. The van der Waals surface area contributed by atoms with Crippen LogP contribution in [0, 0.1) is 0 Å². The Hall–Kier alpha value is -1.09. The maximum Gasteiger partial charge on any atom is 0.0946 e. The second-order valence-electron chi connectivity index (χ2n) is 4.44. The van der Waals surface area contributed by atoms with Gasteiger partial charge in [-0.3, -0.25) is 0 Å². The van der Waals surface area contributed by atoms with Gasteiger partial charge in [-0.2, -0.15) is 0 Å². The first kappa shape index (κ1) is 11.4. The molecule has 1 heterocycles. The lowest BCUT2D eigenvalue weighted by Crippen LogP contribution is -2.25. The topological polar surface area (TPSA) is 29.9 Å². The molecule has 0 fully saturated rings. The van der Waals surface area contributed by atoms with Crippen molar-refractivity contribution < 1.29 is 0 Å². The molecule has 1 N–H and O–H groups in total. The summed E-state index contributed by atoms with van der Waals surface area (Å²) >= 11 is 0. The minimum absolute atomic E-state index is 0.359. The fourth-order valence-corrected chi connectivity index (χ4v) is 2.40.